The van der Waals surface area contributed by atoms with Crippen LogP contribution in [-0.4, -0.2) is 54.8 Å². The Morgan fingerprint density at radius 1 is 1.10 bits per heavy atom. The monoisotopic (exact) mass is 399 g/mol. The summed E-state index contributed by atoms with van der Waals surface area (Å²) in [7, 11) is 1.52. The summed E-state index contributed by atoms with van der Waals surface area (Å²) in [6.45, 7) is 0.163. The molecule has 3 aliphatic rings. The molecule has 8 heteroatoms. The lowest BCUT2D eigenvalue weighted by molar-refractivity contribution is -0.140. The van der Waals surface area contributed by atoms with Gasteiger partial charge in [0, 0.05) is 20.0 Å². The first kappa shape index (κ1) is 19.4. The first-order chi connectivity index (χ1) is 14.0. The van der Waals surface area contributed by atoms with Gasteiger partial charge in [0.2, 0.25) is 17.7 Å². The molecule has 0 bridgehead atoms. The number of carbonyl (C=O) groups excluding carboxylic acids is 4. The molecule has 1 aromatic rings. The molecule has 29 heavy (non-hydrogen) atoms. The van der Waals surface area contributed by atoms with E-state index in [4.69, 9.17) is 4.74 Å². The predicted octanol–water partition coefficient (Wildman–Crippen LogP) is 1.09. The molecule has 3 atom stereocenters. The van der Waals surface area contributed by atoms with Crippen LogP contribution in [0.25, 0.3) is 0 Å². The number of nitrogens with zero attached hydrogens (tertiary/aromatic N) is 2. The fourth-order valence-electron chi connectivity index (χ4n) is 4.56. The predicted molar refractivity (Wildman–Crippen MR) is 104 cm³/mol. The summed E-state index contributed by atoms with van der Waals surface area (Å²) in [6.07, 6.45) is 2.66. The van der Waals surface area contributed by atoms with Crippen molar-refractivity contribution in [3.8, 4) is 5.75 Å². The van der Waals surface area contributed by atoms with Crippen molar-refractivity contribution >= 4 is 29.3 Å². The van der Waals surface area contributed by atoms with E-state index in [0.29, 0.717) is 11.4 Å². The van der Waals surface area contributed by atoms with E-state index in [1.807, 2.05) is 0 Å². The first-order valence-corrected chi connectivity index (χ1v) is 10.1. The maximum absolute atomic E-state index is 13.0. The number of anilines is 1. The molecule has 4 rings (SSSR count). The molecule has 1 N–H and O–H groups in total. The number of hydrogen-bond acceptors (Lipinski definition) is 5. The van der Waals surface area contributed by atoms with Gasteiger partial charge in [-0.1, -0.05) is 25.0 Å². The van der Waals surface area contributed by atoms with Crippen molar-refractivity contribution in [1.82, 2.24) is 10.2 Å². The number of likely N-dealkylation sites (N-methyl/N-ethyl adjacent to an activating group) is 1. The molecule has 1 saturated carbocycles. The summed E-state index contributed by atoms with van der Waals surface area (Å²) >= 11 is 0. The van der Waals surface area contributed by atoms with E-state index in [9.17, 15) is 19.2 Å². The molecular formula is C21H25N3O5. The zero-order valence-electron chi connectivity index (χ0n) is 16.4. The highest BCUT2D eigenvalue weighted by molar-refractivity contribution is 6.06. The van der Waals surface area contributed by atoms with Gasteiger partial charge in [0.1, 0.15) is 5.75 Å². The second-order valence-corrected chi connectivity index (χ2v) is 7.77. The number of para-hydroxylation sites is 2. The van der Waals surface area contributed by atoms with Gasteiger partial charge in [0.05, 0.1) is 24.1 Å². The molecule has 2 fully saturated rings. The molecule has 154 valence electrons. The lowest BCUT2D eigenvalue weighted by Gasteiger charge is -2.34. The number of fused-ring (bicyclic) bond motifs is 2. The number of ether oxygens (including phenoxy) is 1. The van der Waals surface area contributed by atoms with Gasteiger partial charge in [-0.05, 0) is 25.0 Å². The van der Waals surface area contributed by atoms with Gasteiger partial charge in [0.25, 0.3) is 5.91 Å². The van der Waals surface area contributed by atoms with Gasteiger partial charge in [0.15, 0.2) is 6.10 Å². The molecule has 0 radical (unpaired) electrons. The summed E-state index contributed by atoms with van der Waals surface area (Å²) in [5.74, 6) is -0.811. The Morgan fingerprint density at radius 3 is 2.41 bits per heavy atom. The molecule has 0 unspecified atom stereocenters. The lowest BCUT2D eigenvalue weighted by atomic mass is 9.81. The maximum atomic E-state index is 13.0. The van der Waals surface area contributed by atoms with Gasteiger partial charge in [-0.15, -0.1) is 0 Å². The highest BCUT2D eigenvalue weighted by Crippen LogP contribution is 2.38. The third-order valence-corrected chi connectivity index (χ3v) is 6.10. The molecule has 0 aromatic heterocycles. The van der Waals surface area contributed by atoms with E-state index in [1.165, 1.54) is 16.8 Å². The number of amides is 4. The van der Waals surface area contributed by atoms with Crippen LogP contribution in [0.3, 0.4) is 0 Å². The molecule has 2 heterocycles. The lowest BCUT2D eigenvalue weighted by Crippen LogP contribution is -2.50. The van der Waals surface area contributed by atoms with E-state index in [2.05, 4.69) is 5.32 Å². The maximum Gasteiger partial charge on any atom is 0.262 e. The first-order valence-electron chi connectivity index (χ1n) is 10.1. The van der Waals surface area contributed by atoms with Gasteiger partial charge in [-0.25, -0.2) is 0 Å². The number of rotatable bonds is 4. The topological polar surface area (TPSA) is 96.0 Å². The van der Waals surface area contributed by atoms with Crippen LogP contribution >= 0.6 is 0 Å². The largest absolute Gasteiger partial charge is 0.477 e. The van der Waals surface area contributed by atoms with Crippen LogP contribution in [0, 0.1) is 11.8 Å². The Balaban J connectivity index is 1.47. The van der Waals surface area contributed by atoms with Crippen LogP contribution in [0.2, 0.25) is 0 Å². The van der Waals surface area contributed by atoms with Gasteiger partial charge < -0.3 is 15.0 Å². The molecule has 1 aromatic carbocycles. The minimum absolute atomic E-state index is 0.0196. The molecule has 8 nitrogen and oxygen atoms in total. The Hall–Kier alpha value is -2.90. The molecule has 1 aliphatic carbocycles. The number of carbonyl (C=O) groups is 4. The zero-order chi connectivity index (χ0) is 20.5. The minimum Gasteiger partial charge on any atom is -0.477 e. The summed E-state index contributed by atoms with van der Waals surface area (Å²) in [5, 5.41) is 2.54. The van der Waals surface area contributed by atoms with Crippen molar-refractivity contribution in [3.05, 3.63) is 24.3 Å². The van der Waals surface area contributed by atoms with Gasteiger partial charge in [-0.3, -0.25) is 24.1 Å². The fourth-order valence-corrected chi connectivity index (χ4v) is 4.56. The third-order valence-electron chi connectivity index (χ3n) is 6.10. The van der Waals surface area contributed by atoms with Crippen molar-refractivity contribution in [2.24, 2.45) is 11.8 Å². The van der Waals surface area contributed by atoms with Crippen molar-refractivity contribution in [2.45, 2.75) is 38.2 Å². The van der Waals surface area contributed by atoms with E-state index >= 15 is 0 Å². The third kappa shape index (κ3) is 3.47. The minimum atomic E-state index is -0.809. The van der Waals surface area contributed by atoms with Crippen LogP contribution in [0.15, 0.2) is 24.3 Å². The molecule has 0 spiro atoms. The van der Waals surface area contributed by atoms with Crippen molar-refractivity contribution in [2.75, 3.05) is 25.0 Å². The quantitative estimate of drug-likeness (QED) is 0.765. The van der Waals surface area contributed by atoms with Crippen LogP contribution in [-0.2, 0) is 19.2 Å². The summed E-state index contributed by atoms with van der Waals surface area (Å²) < 4.78 is 5.72. The summed E-state index contributed by atoms with van der Waals surface area (Å²) in [6, 6.07) is 7.04. The Kier molecular flexibility index (Phi) is 5.25. The summed E-state index contributed by atoms with van der Waals surface area (Å²) in [5.41, 5.74) is 0.588. The molecule has 2 aliphatic heterocycles. The van der Waals surface area contributed by atoms with Crippen LogP contribution in [0.1, 0.15) is 32.1 Å². The van der Waals surface area contributed by atoms with Gasteiger partial charge in [-0.2, -0.15) is 0 Å². The van der Waals surface area contributed by atoms with E-state index in [0.717, 1.165) is 25.7 Å². The van der Waals surface area contributed by atoms with Gasteiger partial charge >= 0.3 is 0 Å². The second-order valence-electron chi connectivity index (χ2n) is 7.77. The number of imide groups is 1. The Bertz CT molecular complexity index is 830. The van der Waals surface area contributed by atoms with Crippen molar-refractivity contribution in [1.29, 1.82) is 0 Å². The van der Waals surface area contributed by atoms with Crippen LogP contribution in [0.5, 0.6) is 5.75 Å². The van der Waals surface area contributed by atoms with Crippen LogP contribution < -0.4 is 15.0 Å². The van der Waals surface area contributed by atoms with E-state index in [1.54, 1.807) is 24.3 Å². The number of likely N-dealkylation sites (tertiary alicyclic amines) is 1. The Labute approximate surface area is 169 Å². The number of hydrogen-bond donors (Lipinski definition) is 1. The second kappa shape index (κ2) is 7.85. The highest BCUT2D eigenvalue weighted by atomic mass is 16.5. The highest BCUT2D eigenvalue weighted by Gasteiger charge is 2.48. The standard InChI is InChI=1S/C21H25N3O5/c1-22-19(26)17-12-24(15-8-4-5-9-16(15)29-17)18(25)10-11-23-20(27)13-6-2-3-7-14(13)21(23)28/h4-5,8-9,13-14,17H,2-3,6-7,10-12H2,1H3,(H,22,26)/t13-,14+,17-/m1/s1. The van der Waals surface area contributed by atoms with E-state index < -0.39 is 6.10 Å². The Morgan fingerprint density at radius 2 is 1.76 bits per heavy atom. The zero-order valence-corrected chi connectivity index (χ0v) is 16.4. The van der Waals surface area contributed by atoms with Crippen molar-refractivity contribution < 1.29 is 23.9 Å². The summed E-state index contributed by atoms with van der Waals surface area (Å²) in [4.78, 5) is 53.1. The molecule has 4 amide bonds. The van der Waals surface area contributed by atoms with E-state index in [-0.39, 0.29) is 55.0 Å². The SMILES string of the molecule is CNC(=O)[C@H]1CN(C(=O)CCN2C(=O)[C@H]3CCCC[C@H]3C2=O)c2ccccc2O1. The normalized spacial score (nSPS) is 25.9. The van der Waals surface area contributed by atoms with Crippen LogP contribution in [0.4, 0.5) is 5.69 Å². The molecular weight excluding hydrogens is 374 g/mol. The fraction of sp³-hybridized carbons (Fsp3) is 0.524. The number of nitrogens with one attached hydrogen (secondary N) is 1. The average Bonchev–Trinajstić information content (AvgIpc) is 3.00. The molecule has 1 saturated heterocycles. The number of benzene rings is 1. The average molecular weight is 399 g/mol. The van der Waals surface area contributed by atoms with Crippen molar-refractivity contribution in [3.63, 3.8) is 0 Å². The smallest absolute Gasteiger partial charge is 0.262 e.